The van der Waals surface area contributed by atoms with E-state index in [0.717, 1.165) is 18.8 Å². The molecule has 0 fully saturated rings. The van der Waals surface area contributed by atoms with Crippen molar-refractivity contribution in [2.24, 2.45) is 11.8 Å². The monoisotopic (exact) mass is 356 g/mol. The SMILES string of the molecule is CCCCCCC(C)CCCCCCCC(C)C(=O)O[Si](C)(C)C. The van der Waals surface area contributed by atoms with Crippen molar-refractivity contribution in [3.63, 3.8) is 0 Å². The Morgan fingerprint density at radius 1 is 0.792 bits per heavy atom. The van der Waals surface area contributed by atoms with E-state index in [-0.39, 0.29) is 11.9 Å². The Balaban J connectivity index is 3.48. The zero-order chi connectivity index (χ0) is 18.4. The van der Waals surface area contributed by atoms with E-state index in [2.05, 4.69) is 33.5 Å². The molecule has 0 aromatic heterocycles. The highest BCUT2D eigenvalue weighted by Gasteiger charge is 2.23. The van der Waals surface area contributed by atoms with Crippen molar-refractivity contribution >= 4 is 14.3 Å². The largest absolute Gasteiger partial charge is 0.520 e. The fourth-order valence-corrected chi connectivity index (χ4v) is 3.86. The highest BCUT2D eigenvalue weighted by Crippen LogP contribution is 2.19. The van der Waals surface area contributed by atoms with Crippen LogP contribution in [0.2, 0.25) is 19.6 Å². The maximum Gasteiger partial charge on any atom is 0.295 e. The predicted octanol–water partition coefficient (Wildman–Crippen LogP) is 7.34. The van der Waals surface area contributed by atoms with Crippen LogP contribution in [0.25, 0.3) is 0 Å². The van der Waals surface area contributed by atoms with Crippen LogP contribution >= 0.6 is 0 Å². The van der Waals surface area contributed by atoms with Gasteiger partial charge in [0.15, 0.2) is 0 Å². The maximum absolute atomic E-state index is 11.9. The minimum Gasteiger partial charge on any atom is -0.520 e. The van der Waals surface area contributed by atoms with Crippen molar-refractivity contribution in [3.8, 4) is 0 Å². The van der Waals surface area contributed by atoms with E-state index in [9.17, 15) is 4.79 Å². The Morgan fingerprint density at radius 2 is 1.25 bits per heavy atom. The molecule has 0 aliphatic rings. The Bertz CT molecular complexity index is 309. The van der Waals surface area contributed by atoms with Gasteiger partial charge in [-0.25, -0.2) is 0 Å². The molecule has 0 aromatic rings. The van der Waals surface area contributed by atoms with Gasteiger partial charge in [0.1, 0.15) is 0 Å². The van der Waals surface area contributed by atoms with Gasteiger partial charge in [0.05, 0.1) is 5.92 Å². The van der Waals surface area contributed by atoms with E-state index in [4.69, 9.17) is 4.43 Å². The van der Waals surface area contributed by atoms with Crippen molar-refractivity contribution in [1.29, 1.82) is 0 Å². The lowest BCUT2D eigenvalue weighted by atomic mass is 9.96. The Labute approximate surface area is 153 Å². The zero-order valence-corrected chi connectivity index (χ0v) is 18.5. The summed E-state index contributed by atoms with van der Waals surface area (Å²) >= 11 is 0. The van der Waals surface area contributed by atoms with E-state index in [1.54, 1.807) is 0 Å². The summed E-state index contributed by atoms with van der Waals surface area (Å²) in [5.74, 6) is 0.990. The molecule has 0 amide bonds. The third kappa shape index (κ3) is 15.2. The lowest BCUT2D eigenvalue weighted by Crippen LogP contribution is -2.32. The second-order valence-electron chi connectivity index (χ2n) is 8.73. The molecule has 0 rings (SSSR count). The van der Waals surface area contributed by atoms with Crippen LogP contribution in [0, 0.1) is 11.8 Å². The van der Waals surface area contributed by atoms with Crippen LogP contribution in [0.5, 0.6) is 0 Å². The molecule has 2 atom stereocenters. The summed E-state index contributed by atoms with van der Waals surface area (Å²) in [5, 5.41) is 0. The molecule has 0 heterocycles. The molecule has 0 radical (unpaired) electrons. The van der Waals surface area contributed by atoms with Gasteiger partial charge in [0.25, 0.3) is 5.97 Å². The van der Waals surface area contributed by atoms with E-state index in [1.165, 1.54) is 64.2 Å². The average molecular weight is 357 g/mol. The topological polar surface area (TPSA) is 26.3 Å². The minimum absolute atomic E-state index is 0.0195. The van der Waals surface area contributed by atoms with Gasteiger partial charge in [0, 0.05) is 0 Å². The van der Waals surface area contributed by atoms with E-state index in [1.807, 2.05) is 6.92 Å². The van der Waals surface area contributed by atoms with Gasteiger partial charge in [0.2, 0.25) is 8.32 Å². The first-order chi connectivity index (χ1) is 11.3. The van der Waals surface area contributed by atoms with Gasteiger partial charge in [-0.05, 0) is 32.0 Å². The second-order valence-corrected chi connectivity index (χ2v) is 13.2. The van der Waals surface area contributed by atoms with Gasteiger partial charge in [-0.3, -0.25) is 4.79 Å². The van der Waals surface area contributed by atoms with Crippen LogP contribution in [-0.4, -0.2) is 14.3 Å². The molecular formula is C21H44O2Si. The lowest BCUT2D eigenvalue weighted by Gasteiger charge is -2.20. The van der Waals surface area contributed by atoms with Crippen LogP contribution in [0.15, 0.2) is 0 Å². The maximum atomic E-state index is 11.9. The van der Waals surface area contributed by atoms with E-state index >= 15 is 0 Å². The van der Waals surface area contributed by atoms with Crippen molar-refractivity contribution in [2.75, 3.05) is 0 Å². The van der Waals surface area contributed by atoms with Crippen molar-refractivity contribution in [3.05, 3.63) is 0 Å². The first kappa shape index (κ1) is 23.7. The molecule has 0 saturated carbocycles. The number of carbonyl (C=O) groups is 1. The van der Waals surface area contributed by atoms with Gasteiger partial charge in [-0.2, -0.15) is 0 Å². The third-order valence-corrected chi connectivity index (χ3v) is 5.51. The smallest absolute Gasteiger partial charge is 0.295 e. The molecule has 0 N–H and O–H groups in total. The van der Waals surface area contributed by atoms with Gasteiger partial charge >= 0.3 is 0 Å². The summed E-state index contributed by atoms with van der Waals surface area (Å²) in [6.45, 7) is 12.9. The highest BCUT2D eigenvalue weighted by atomic mass is 28.4. The van der Waals surface area contributed by atoms with Gasteiger partial charge < -0.3 is 4.43 Å². The Kier molecular flexibility index (Phi) is 13.7. The molecule has 24 heavy (non-hydrogen) atoms. The molecule has 0 bridgehead atoms. The average Bonchev–Trinajstić information content (AvgIpc) is 2.48. The van der Waals surface area contributed by atoms with Crippen molar-refractivity contribution in [2.45, 2.75) is 117 Å². The summed E-state index contributed by atoms with van der Waals surface area (Å²) < 4.78 is 5.57. The molecule has 144 valence electrons. The van der Waals surface area contributed by atoms with Gasteiger partial charge in [-0.15, -0.1) is 0 Å². The first-order valence-electron chi connectivity index (χ1n) is 10.5. The standard InChI is InChI=1S/C21H44O2Si/c1-7-8-9-13-16-19(2)17-14-11-10-12-15-18-20(3)21(22)23-24(4,5)6/h19-20H,7-18H2,1-6H3. The summed E-state index contributed by atoms with van der Waals surface area (Å²) in [6, 6.07) is 0. The third-order valence-electron chi connectivity index (χ3n) is 4.69. The van der Waals surface area contributed by atoms with E-state index in [0.29, 0.717) is 0 Å². The van der Waals surface area contributed by atoms with Crippen LogP contribution in [0.1, 0.15) is 97.8 Å². The number of rotatable bonds is 15. The number of carbonyl (C=O) groups excluding carboxylic acids is 1. The van der Waals surface area contributed by atoms with Crippen LogP contribution < -0.4 is 0 Å². The molecule has 0 saturated heterocycles. The van der Waals surface area contributed by atoms with Crippen LogP contribution in [0.4, 0.5) is 0 Å². The highest BCUT2D eigenvalue weighted by molar-refractivity contribution is 6.71. The molecule has 0 spiro atoms. The molecule has 2 nitrogen and oxygen atoms in total. The number of hydrogen-bond acceptors (Lipinski definition) is 2. The molecule has 0 aliphatic heterocycles. The molecule has 3 heteroatoms. The molecule has 0 aromatic carbocycles. The number of hydrogen-bond donors (Lipinski definition) is 0. The Morgan fingerprint density at radius 3 is 1.75 bits per heavy atom. The quantitative estimate of drug-likeness (QED) is 0.227. The molecule has 0 aliphatic carbocycles. The fourth-order valence-electron chi connectivity index (χ4n) is 3.06. The first-order valence-corrected chi connectivity index (χ1v) is 13.9. The van der Waals surface area contributed by atoms with Gasteiger partial charge in [-0.1, -0.05) is 91.4 Å². The summed E-state index contributed by atoms with van der Waals surface area (Å²) in [4.78, 5) is 11.9. The van der Waals surface area contributed by atoms with Crippen LogP contribution in [-0.2, 0) is 9.22 Å². The van der Waals surface area contributed by atoms with Crippen LogP contribution in [0.3, 0.4) is 0 Å². The predicted molar refractivity (Wildman–Crippen MR) is 109 cm³/mol. The van der Waals surface area contributed by atoms with E-state index < -0.39 is 8.32 Å². The number of unbranched alkanes of at least 4 members (excludes halogenated alkanes) is 7. The van der Waals surface area contributed by atoms with Crippen molar-refractivity contribution < 1.29 is 9.22 Å². The second kappa shape index (κ2) is 13.9. The zero-order valence-electron chi connectivity index (χ0n) is 17.5. The van der Waals surface area contributed by atoms with Crippen molar-refractivity contribution in [1.82, 2.24) is 0 Å². The Hall–Kier alpha value is -0.313. The summed E-state index contributed by atoms with van der Waals surface area (Å²) in [6.07, 6.45) is 15.8. The molecular weight excluding hydrogens is 312 g/mol. The molecule has 2 unspecified atom stereocenters. The minimum atomic E-state index is -1.72. The summed E-state index contributed by atoms with van der Waals surface area (Å²) in [5.41, 5.74) is 0. The summed E-state index contributed by atoms with van der Waals surface area (Å²) in [7, 11) is -1.72. The normalized spacial score (nSPS) is 14.4. The lowest BCUT2D eigenvalue weighted by molar-refractivity contribution is -0.139. The fraction of sp³-hybridized carbons (Fsp3) is 0.952.